The summed E-state index contributed by atoms with van der Waals surface area (Å²) in [6, 6.07) is 18.9. The lowest BCUT2D eigenvalue weighted by molar-refractivity contribution is -0.0586. The van der Waals surface area contributed by atoms with Gasteiger partial charge in [-0.2, -0.15) is 0 Å². The average molecular weight is 494 g/mol. The lowest BCUT2D eigenvalue weighted by Gasteiger charge is -2.30. The zero-order valence-corrected chi connectivity index (χ0v) is 19.4. The van der Waals surface area contributed by atoms with E-state index < -0.39 is 49.8 Å². The second-order valence-electron chi connectivity index (χ2n) is 8.15. The summed E-state index contributed by atoms with van der Waals surface area (Å²) >= 11 is 0. The number of anilines is 3. The maximum Gasteiger partial charge on any atom is 0.340 e. The van der Waals surface area contributed by atoms with Gasteiger partial charge < -0.3 is 36.5 Å². The molecule has 3 rings (SSSR count). The first kappa shape index (κ1) is 26.0. The molecular formula is C26H27N3O7. The van der Waals surface area contributed by atoms with E-state index in [4.69, 9.17) is 31.4 Å². The summed E-state index contributed by atoms with van der Waals surface area (Å²) in [6.45, 7) is -2.01. The first-order valence-electron chi connectivity index (χ1n) is 10.9. The molecule has 10 heteroatoms. The molecule has 0 atom stereocenters. The number of aliphatic hydroxyl groups is 1. The molecule has 0 aliphatic heterocycles. The van der Waals surface area contributed by atoms with Gasteiger partial charge in [-0.15, -0.1) is 0 Å². The minimum Gasteiger partial charge on any atom is -0.461 e. The summed E-state index contributed by atoms with van der Waals surface area (Å²) in [7, 11) is 0. The maximum atomic E-state index is 12.6. The molecule has 0 aliphatic rings. The molecule has 3 aromatic rings. The summed E-state index contributed by atoms with van der Waals surface area (Å²) in [6.07, 6.45) is 0. The lowest BCUT2D eigenvalue weighted by atomic mass is 9.92. The Bertz CT molecular complexity index is 1100. The fraction of sp³-hybridized carbons (Fsp3) is 0.192. The van der Waals surface area contributed by atoms with E-state index in [0.29, 0.717) is 0 Å². The molecule has 7 N–H and O–H groups in total. The van der Waals surface area contributed by atoms with E-state index in [2.05, 4.69) is 0 Å². The molecule has 0 saturated carbocycles. The SMILES string of the molecule is Nc1ccccc1C(=O)OCC(CO)(COC(=O)c1ccccc1N)COC(=O)c1ccccc1N. The Kier molecular flexibility index (Phi) is 8.48. The molecule has 0 aliphatic carbocycles. The van der Waals surface area contributed by atoms with Gasteiger partial charge in [0.05, 0.1) is 28.7 Å². The Hall–Kier alpha value is -4.57. The third-order valence-electron chi connectivity index (χ3n) is 5.41. The lowest BCUT2D eigenvalue weighted by Crippen LogP contribution is -2.42. The van der Waals surface area contributed by atoms with Gasteiger partial charge in [0, 0.05) is 17.1 Å². The number of carbonyl (C=O) groups is 3. The molecular weight excluding hydrogens is 466 g/mol. The van der Waals surface area contributed by atoms with Crippen molar-refractivity contribution in [1.29, 1.82) is 0 Å². The van der Waals surface area contributed by atoms with Crippen LogP contribution in [-0.4, -0.2) is 49.4 Å². The van der Waals surface area contributed by atoms with Crippen LogP contribution < -0.4 is 17.2 Å². The molecule has 0 saturated heterocycles. The van der Waals surface area contributed by atoms with Crippen LogP contribution in [-0.2, 0) is 14.2 Å². The fourth-order valence-electron chi connectivity index (χ4n) is 3.20. The number of nitrogens with two attached hydrogens (primary N) is 3. The van der Waals surface area contributed by atoms with E-state index in [0.717, 1.165) is 0 Å². The van der Waals surface area contributed by atoms with Gasteiger partial charge in [0.25, 0.3) is 0 Å². The Labute approximate surface area is 207 Å². The van der Waals surface area contributed by atoms with Crippen molar-refractivity contribution in [2.24, 2.45) is 5.41 Å². The van der Waals surface area contributed by atoms with Crippen LogP contribution in [0.5, 0.6) is 0 Å². The molecule has 10 nitrogen and oxygen atoms in total. The second kappa shape index (κ2) is 11.7. The highest BCUT2D eigenvalue weighted by molar-refractivity contribution is 5.96. The monoisotopic (exact) mass is 493 g/mol. The largest absolute Gasteiger partial charge is 0.461 e. The minimum atomic E-state index is -1.49. The predicted octanol–water partition coefficient (Wildman–Crippen LogP) is 2.28. The first-order chi connectivity index (χ1) is 17.3. The maximum absolute atomic E-state index is 12.6. The second-order valence-corrected chi connectivity index (χ2v) is 8.15. The van der Waals surface area contributed by atoms with Crippen molar-refractivity contribution in [3.63, 3.8) is 0 Å². The van der Waals surface area contributed by atoms with Crippen LogP contribution >= 0.6 is 0 Å². The standard InChI is InChI=1S/C26H27N3O7/c27-20-10-4-1-7-17(20)23(31)34-14-26(13-30,15-35-24(32)18-8-2-5-11-21(18)28)16-36-25(33)19-9-3-6-12-22(19)29/h1-12,30H,13-16,27-29H2. The molecule has 0 bridgehead atoms. The zero-order chi connectivity index (χ0) is 26.1. The van der Waals surface area contributed by atoms with Crippen LogP contribution in [0.2, 0.25) is 0 Å². The van der Waals surface area contributed by atoms with Crippen LogP contribution in [0.25, 0.3) is 0 Å². The third-order valence-corrected chi connectivity index (χ3v) is 5.41. The van der Waals surface area contributed by atoms with E-state index in [1.54, 1.807) is 36.4 Å². The van der Waals surface area contributed by atoms with Gasteiger partial charge in [-0.1, -0.05) is 36.4 Å². The van der Waals surface area contributed by atoms with Crippen LogP contribution in [0.15, 0.2) is 72.8 Å². The topological polar surface area (TPSA) is 177 Å². The molecule has 0 aromatic heterocycles. The predicted molar refractivity (Wildman–Crippen MR) is 133 cm³/mol. The van der Waals surface area contributed by atoms with Crippen molar-refractivity contribution in [2.45, 2.75) is 0 Å². The number of carbonyl (C=O) groups excluding carboxylic acids is 3. The van der Waals surface area contributed by atoms with Gasteiger partial charge in [0.2, 0.25) is 0 Å². The molecule has 0 unspecified atom stereocenters. The van der Waals surface area contributed by atoms with Crippen molar-refractivity contribution in [3.8, 4) is 0 Å². The molecule has 0 spiro atoms. The van der Waals surface area contributed by atoms with Crippen LogP contribution in [0.4, 0.5) is 17.1 Å². The highest BCUT2D eigenvalue weighted by Crippen LogP contribution is 2.24. The van der Waals surface area contributed by atoms with Crippen molar-refractivity contribution in [1.82, 2.24) is 0 Å². The Morgan fingerprint density at radius 2 is 0.861 bits per heavy atom. The average Bonchev–Trinajstić information content (AvgIpc) is 2.89. The summed E-state index contributed by atoms with van der Waals surface area (Å²) in [4.78, 5) is 37.8. The normalized spacial score (nSPS) is 10.9. The van der Waals surface area contributed by atoms with E-state index in [9.17, 15) is 19.5 Å². The Morgan fingerprint density at radius 3 is 1.11 bits per heavy atom. The van der Waals surface area contributed by atoms with Gasteiger partial charge in [-0.3, -0.25) is 0 Å². The summed E-state index contributed by atoms with van der Waals surface area (Å²) in [5.41, 5.74) is 17.0. The smallest absolute Gasteiger partial charge is 0.340 e. The van der Waals surface area contributed by atoms with E-state index in [1.807, 2.05) is 0 Å². The van der Waals surface area contributed by atoms with Crippen LogP contribution in [0.1, 0.15) is 31.1 Å². The minimum absolute atomic E-state index is 0.118. The molecule has 36 heavy (non-hydrogen) atoms. The summed E-state index contributed by atoms with van der Waals surface area (Å²) in [5.74, 6) is -2.28. The highest BCUT2D eigenvalue weighted by atomic mass is 16.6. The van der Waals surface area contributed by atoms with Crippen LogP contribution in [0.3, 0.4) is 0 Å². The molecule has 188 valence electrons. The van der Waals surface area contributed by atoms with Gasteiger partial charge in [0.1, 0.15) is 19.8 Å². The van der Waals surface area contributed by atoms with Crippen molar-refractivity contribution < 1.29 is 33.7 Å². The molecule has 3 aromatic carbocycles. The summed E-state index contributed by atoms with van der Waals surface area (Å²) < 4.78 is 16.1. The number of ether oxygens (including phenoxy) is 3. The van der Waals surface area contributed by atoms with Crippen LogP contribution in [0, 0.1) is 5.41 Å². The molecule has 0 fully saturated rings. The van der Waals surface area contributed by atoms with E-state index >= 15 is 0 Å². The Morgan fingerprint density at radius 1 is 0.583 bits per heavy atom. The summed E-state index contributed by atoms with van der Waals surface area (Å²) in [5, 5.41) is 10.2. The zero-order valence-electron chi connectivity index (χ0n) is 19.4. The fourth-order valence-corrected chi connectivity index (χ4v) is 3.20. The molecule has 0 radical (unpaired) electrons. The van der Waals surface area contributed by atoms with Gasteiger partial charge in [0.15, 0.2) is 0 Å². The van der Waals surface area contributed by atoms with Crippen molar-refractivity contribution in [2.75, 3.05) is 43.6 Å². The van der Waals surface area contributed by atoms with Gasteiger partial charge in [-0.25, -0.2) is 14.4 Å². The van der Waals surface area contributed by atoms with E-state index in [-0.39, 0.29) is 33.8 Å². The first-order valence-corrected chi connectivity index (χ1v) is 10.9. The number of rotatable bonds is 10. The number of hydrogen-bond donors (Lipinski definition) is 4. The third kappa shape index (κ3) is 6.30. The highest BCUT2D eigenvalue weighted by Gasteiger charge is 2.36. The molecule has 0 amide bonds. The number of nitrogen functional groups attached to an aromatic ring is 3. The number of para-hydroxylation sites is 3. The number of esters is 3. The van der Waals surface area contributed by atoms with Crippen molar-refractivity contribution >= 4 is 35.0 Å². The van der Waals surface area contributed by atoms with E-state index in [1.165, 1.54) is 36.4 Å². The van der Waals surface area contributed by atoms with Gasteiger partial charge in [-0.05, 0) is 36.4 Å². The quantitative estimate of drug-likeness (QED) is 0.186. The molecule has 0 heterocycles. The van der Waals surface area contributed by atoms with Gasteiger partial charge >= 0.3 is 17.9 Å². The number of aliphatic hydroxyl groups excluding tert-OH is 1. The Balaban J connectivity index is 1.78. The van der Waals surface area contributed by atoms with Crippen molar-refractivity contribution in [3.05, 3.63) is 89.5 Å². The number of benzene rings is 3. The number of hydrogen-bond acceptors (Lipinski definition) is 10.